The highest BCUT2D eigenvalue weighted by Gasteiger charge is 2.21. The molecule has 0 unspecified atom stereocenters. The standard InChI is InChI=1S/C23H18ClN5O3/c1-12-8-16(14(3)31-12)19-10-17(21-13(2)28-32-23(21)27-19)22(30)26-15-4-5-20(18(24)9-15)29-7-6-25-11-29/h4-11H,1-3H3,(H,26,30). The zero-order valence-corrected chi connectivity index (χ0v) is 18.3. The van der Waals surface area contributed by atoms with E-state index in [-0.39, 0.29) is 11.6 Å². The SMILES string of the molecule is Cc1cc(-c2cc(C(=O)Nc3ccc(-n4ccnc4)c(Cl)c3)c3c(C)noc3n2)c(C)o1. The second-order valence-electron chi connectivity index (χ2n) is 7.42. The highest BCUT2D eigenvalue weighted by atomic mass is 35.5. The minimum Gasteiger partial charge on any atom is -0.466 e. The van der Waals surface area contributed by atoms with Crippen molar-refractivity contribution in [2.75, 3.05) is 5.32 Å². The maximum atomic E-state index is 13.3. The van der Waals surface area contributed by atoms with Gasteiger partial charge in [-0.3, -0.25) is 4.79 Å². The minimum absolute atomic E-state index is 0.289. The largest absolute Gasteiger partial charge is 0.466 e. The number of hydrogen-bond acceptors (Lipinski definition) is 6. The van der Waals surface area contributed by atoms with Gasteiger partial charge in [0.15, 0.2) is 0 Å². The Bertz CT molecular complexity index is 1470. The molecule has 0 bridgehead atoms. The van der Waals surface area contributed by atoms with Crippen molar-refractivity contribution in [3.05, 3.63) is 76.9 Å². The van der Waals surface area contributed by atoms with Crippen LogP contribution in [0.5, 0.6) is 0 Å². The summed E-state index contributed by atoms with van der Waals surface area (Å²) in [5, 5.41) is 7.94. The van der Waals surface area contributed by atoms with Gasteiger partial charge in [0.05, 0.1) is 39.4 Å². The molecule has 1 aromatic carbocycles. The van der Waals surface area contributed by atoms with Crippen LogP contribution < -0.4 is 5.32 Å². The Morgan fingerprint density at radius 2 is 2.00 bits per heavy atom. The van der Waals surface area contributed by atoms with E-state index in [1.165, 1.54) is 0 Å². The topological polar surface area (TPSA) is 99.0 Å². The summed E-state index contributed by atoms with van der Waals surface area (Å²) in [6.07, 6.45) is 5.12. The first-order valence-electron chi connectivity index (χ1n) is 9.84. The second-order valence-corrected chi connectivity index (χ2v) is 7.83. The molecule has 0 aliphatic rings. The molecule has 0 saturated heterocycles. The molecule has 4 aromatic heterocycles. The van der Waals surface area contributed by atoms with Gasteiger partial charge in [0, 0.05) is 23.6 Å². The van der Waals surface area contributed by atoms with Crippen LogP contribution in [0.15, 0.2) is 58.0 Å². The number of furan rings is 1. The molecule has 5 rings (SSSR count). The number of fused-ring (bicyclic) bond motifs is 1. The summed E-state index contributed by atoms with van der Waals surface area (Å²) in [5.74, 6) is 1.14. The van der Waals surface area contributed by atoms with Gasteiger partial charge in [-0.25, -0.2) is 9.97 Å². The number of nitrogens with one attached hydrogen (secondary N) is 1. The normalized spacial score (nSPS) is 11.2. The van der Waals surface area contributed by atoms with Crippen LogP contribution in [-0.4, -0.2) is 25.6 Å². The molecule has 8 nitrogen and oxygen atoms in total. The van der Waals surface area contributed by atoms with Gasteiger partial charge >= 0.3 is 0 Å². The average Bonchev–Trinajstić information content (AvgIpc) is 3.48. The number of carbonyl (C=O) groups is 1. The van der Waals surface area contributed by atoms with Crippen molar-refractivity contribution >= 4 is 34.3 Å². The summed E-state index contributed by atoms with van der Waals surface area (Å²) in [4.78, 5) is 21.9. The number of hydrogen-bond donors (Lipinski definition) is 1. The number of aryl methyl sites for hydroxylation is 3. The van der Waals surface area contributed by atoms with Gasteiger partial charge in [-0.15, -0.1) is 0 Å². The van der Waals surface area contributed by atoms with Crippen molar-refractivity contribution in [2.45, 2.75) is 20.8 Å². The predicted molar refractivity (Wildman–Crippen MR) is 120 cm³/mol. The molecule has 9 heteroatoms. The number of nitrogens with zero attached hydrogens (tertiary/aromatic N) is 4. The first-order valence-corrected chi connectivity index (χ1v) is 10.2. The maximum Gasteiger partial charge on any atom is 0.259 e. The van der Waals surface area contributed by atoms with E-state index in [1.807, 2.05) is 26.0 Å². The summed E-state index contributed by atoms with van der Waals surface area (Å²) in [6.45, 7) is 5.48. The van der Waals surface area contributed by atoms with Crippen LogP contribution in [0.3, 0.4) is 0 Å². The lowest BCUT2D eigenvalue weighted by molar-refractivity contribution is 0.102. The Kier molecular flexibility index (Phi) is 4.79. The van der Waals surface area contributed by atoms with E-state index in [9.17, 15) is 4.79 Å². The first-order chi connectivity index (χ1) is 15.4. The molecule has 5 aromatic rings. The fraction of sp³-hybridized carbons (Fsp3) is 0.130. The number of pyridine rings is 1. The van der Waals surface area contributed by atoms with Gasteiger partial charge in [0.1, 0.15) is 11.5 Å². The highest BCUT2D eigenvalue weighted by Crippen LogP contribution is 2.31. The molecule has 0 fully saturated rings. The number of rotatable bonds is 4. The zero-order valence-electron chi connectivity index (χ0n) is 17.5. The Morgan fingerprint density at radius 3 is 2.69 bits per heavy atom. The second kappa shape index (κ2) is 7.65. The molecule has 4 heterocycles. The van der Waals surface area contributed by atoms with Crippen LogP contribution in [0.1, 0.15) is 27.6 Å². The van der Waals surface area contributed by atoms with Gasteiger partial charge in [-0.2, -0.15) is 0 Å². The van der Waals surface area contributed by atoms with E-state index < -0.39 is 0 Å². The van der Waals surface area contributed by atoms with Gasteiger partial charge < -0.3 is 18.8 Å². The number of aromatic nitrogens is 4. The summed E-state index contributed by atoms with van der Waals surface area (Å²) < 4.78 is 12.8. The van der Waals surface area contributed by atoms with Gasteiger partial charge in [0.2, 0.25) is 0 Å². The van der Waals surface area contributed by atoms with Crippen LogP contribution in [0.4, 0.5) is 5.69 Å². The third-order valence-corrected chi connectivity index (χ3v) is 5.47. The van der Waals surface area contributed by atoms with Crippen molar-refractivity contribution in [3.8, 4) is 16.9 Å². The van der Waals surface area contributed by atoms with Crippen LogP contribution in [0.2, 0.25) is 5.02 Å². The van der Waals surface area contributed by atoms with Crippen molar-refractivity contribution < 1.29 is 13.7 Å². The minimum atomic E-state index is -0.325. The lowest BCUT2D eigenvalue weighted by Gasteiger charge is -2.10. The van der Waals surface area contributed by atoms with E-state index in [1.54, 1.807) is 48.4 Å². The van der Waals surface area contributed by atoms with Crippen LogP contribution >= 0.6 is 11.6 Å². The van der Waals surface area contributed by atoms with Crippen molar-refractivity contribution in [1.82, 2.24) is 19.7 Å². The molecular weight excluding hydrogens is 430 g/mol. The predicted octanol–water partition coefficient (Wildman–Crippen LogP) is 5.50. The molecule has 160 valence electrons. The summed E-state index contributed by atoms with van der Waals surface area (Å²) in [6, 6.07) is 8.89. The molecule has 32 heavy (non-hydrogen) atoms. The zero-order chi connectivity index (χ0) is 22.4. The monoisotopic (exact) mass is 447 g/mol. The van der Waals surface area contributed by atoms with Crippen molar-refractivity contribution in [1.29, 1.82) is 0 Å². The fourth-order valence-electron chi connectivity index (χ4n) is 3.69. The molecule has 0 aliphatic heterocycles. The summed E-state index contributed by atoms with van der Waals surface area (Å²) >= 11 is 6.43. The van der Waals surface area contributed by atoms with Crippen LogP contribution in [0, 0.1) is 20.8 Å². The van der Waals surface area contributed by atoms with Crippen LogP contribution in [-0.2, 0) is 0 Å². The maximum absolute atomic E-state index is 13.3. The molecule has 1 amide bonds. The third kappa shape index (κ3) is 3.44. The van der Waals surface area contributed by atoms with Crippen LogP contribution in [0.25, 0.3) is 28.0 Å². The highest BCUT2D eigenvalue weighted by molar-refractivity contribution is 6.32. The lowest BCUT2D eigenvalue weighted by atomic mass is 10.1. The fourth-order valence-corrected chi connectivity index (χ4v) is 3.97. The number of benzene rings is 1. The van der Waals surface area contributed by atoms with Gasteiger partial charge in [0.25, 0.3) is 11.6 Å². The number of halogens is 1. The first kappa shape index (κ1) is 20.0. The Hall–Kier alpha value is -3.91. The Labute approximate surface area is 187 Å². The lowest BCUT2D eigenvalue weighted by Crippen LogP contribution is -2.13. The molecule has 0 aliphatic carbocycles. The smallest absolute Gasteiger partial charge is 0.259 e. The quantitative estimate of drug-likeness (QED) is 0.390. The van der Waals surface area contributed by atoms with Crippen molar-refractivity contribution in [2.24, 2.45) is 0 Å². The van der Waals surface area contributed by atoms with E-state index in [0.717, 1.165) is 17.0 Å². The Balaban J connectivity index is 1.54. The molecule has 1 N–H and O–H groups in total. The number of carbonyl (C=O) groups excluding carboxylic acids is 1. The summed E-state index contributed by atoms with van der Waals surface area (Å²) in [7, 11) is 0. The van der Waals surface area contributed by atoms with Crippen molar-refractivity contribution in [3.63, 3.8) is 0 Å². The van der Waals surface area contributed by atoms with E-state index in [2.05, 4.69) is 20.4 Å². The third-order valence-electron chi connectivity index (χ3n) is 5.17. The molecule has 0 atom stereocenters. The summed E-state index contributed by atoms with van der Waals surface area (Å²) in [5.41, 5.74) is 3.95. The number of anilines is 1. The average molecular weight is 448 g/mol. The molecule has 0 spiro atoms. The molecule has 0 saturated carbocycles. The van der Waals surface area contributed by atoms with Gasteiger partial charge in [-0.1, -0.05) is 16.8 Å². The number of amides is 1. The Morgan fingerprint density at radius 1 is 1.16 bits per heavy atom. The van der Waals surface area contributed by atoms with E-state index in [0.29, 0.717) is 38.8 Å². The van der Waals surface area contributed by atoms with E-state index in [4.69, 9.17) is 20.5 Å². The van der Waals surface area contributed by atoms with Gasteiger partial charge in [-0.05, 0) is 51.1 Å². The molecule has 0 radical (unpaired) electrons. The van der Waals surface area contributed by atoms with E-state index >= 15 is 0 Å². The molecular formula is C23H18ClN5O3. The number of imidazole rings is 1.